The van der Waals surface area contributed by atoms with Gasteiger partial charge in [-0.3, -0.25) is 4.79 Å². The van der Waals surface area contributed by atoms with Gasteiger partial charge in [0.25, 0.3) is 0 Å². The summed E-state index contributed by atoms with van der Waals surface area (Å²) in [5, 5.41) is 9.23. The first kappa shape index (κ1) is 14.3. The van der Waals surface area contributed by atoms with E-state index in [0.29, 0.717) is 32.4 Å². The molecule has 2 aliphatic heterocycles. The van der Waals surface area contributed by atoms with Crippen LogP contribution in [0.4, 0.5) is 0 Å². The minimum atomic E-state index is -3.33. The van der Waals surface area contributed by atoms with E-state index in [9.17, 15) is 23.1 Å². The fraction of sp³-hybridized carbons (Fsp3) is 0.818. The molecule has 0 aromatic rings. The van der Waals surface area contributed by atoms with E-state index >= 15 is 0 Å². The van der Waals surface area contributed by atoms with Crippen molar-refractivity contribution in [3.63, 3.8) is 0 Å². The molecule has 0 radical (unpaired) electrons. The summed E-state index contributed by atoms with van der Waals surface area (Å²) in [5.41, 5.74) is -1.21. The average molecular weight is 290 g/mol. The summed E-state index contributed by atoms with van der Waals surface area (Å²) in [6.45, 7) is 1.98. The van der Waals surface area contributed by atoms with Gasteiger partial charge in [-0.05, 0) is 26.2 Å². The van der Waals surface area contributed by atoms with E-state index in [0.717, 1.165) is 4.31 Å². The van der Waals surface area contributed by atoms with Crippen LogP contribution < -0.4 is 0 Å². The first-order valence-electron chi connectivity index (χ1n) is 6.29. The van der Waals surface area contributed by atoms with Crippen molar-refractivity contribution in [1.82, 2.24) is 9.21 Å². The average Bonchev–Trinajstić information content (AvgIpc) is 2.84. The number of carboxylic acids is 1. The molecular weight excluding hydrogens is 272 g/mol. The van der Waals surface area contributed by atoms with Crippen molar-refractivity contribution >= 4 is 21.9 Å². The maximum Gasteiger partial charge on any atom is 0.329 e. The zero-order valence-electron chi connectivity index (χ0n) is 10.8. The van der Waals surface area contributed by atoms with E-state index in [4.69, 9.17) is 0 Å². The molecule has 2 aliphatic rings. The molecule has 0 spiro atoms. The van der Waals surface area contributed by atoms with Crippen LogP contribution in [0.15, 0.2) is 0 Å². The number of nitrogens with zero attached hydrogens (tertiary/aromatic N) is 2. The number of carboxylic acid groups (broad SMARTS) is 1. The minimum Gasteiger partial charge on any atom is -0.480 e. The summed E-state index contributed by atoms with van der Waals surface area (Å²) >= 11 is 0. The second-order valence-electron chi connectivity index (χ2n) is 5.23. The molecule has 1 atom stereocenters. The lowest BCUT2D eigenvalue weighted by Crippen LogP contribution is -2.53. The van der Waals surface area contributed by atoms with Crippen molar-refractivity contribution in [1.29, 1.82) is 0 Å². The molecule has 7 nitrogen and oxygen atoms in total. The van der Waals surface area contributed by atoms with Gasteiger partial charge in [-0.15, -0.1) is 0 Å². The second kappa shape index (κ2) is 4.75. The van der Waals surface area contributed by atoms with Gasteiger partial charge in [-0.25, -0.2) is 13.2 Å². The summed E-state index contributed by atoms with van der Waals surface area (Å²) < 4.78 is 24.4. The fourth-order valence-electron chi connectivity index (χ4n) is 2.69. The minimum absolute atomic E-state index is 0.0660. The molecule has 0 aromatic heterocycles. The van der Waals surface area contributed by atoms with Crippen LogP contribution in [0.25, 0.3) is 0 Å². The van der Waals surface area contributed by atoms with E-state index in [-0.39, 0.29) is 12.3 Å². The van der Waals surface area contributed by atoms with Crippen LogP contribution in [0, 0.1) is 0 Å². The lowest BCUT2D eigenvalue weighted by atomic mass is 9.99. The number of carbonyl (C=O) groups is 2. The van der Waals surface area contributed by atoms with Crippen LogP contribution in [0.2, 0.25) is 0 Å². The lowest BCUT2D eigenvalue weighted by molar-refractivity contribution is -0.155. The van der Waals surface area contributed by atoms with Gasteiger partial charge in [0, 0.05) is 13.1 Å². The first-order chi connectivity index (χ1) is 8.77. The Labute approximate surface area is 112 Å². The summed E-state index contributed by atoms with van der Waals surface area (Å²) in [4.78, 5) is 24.7. The Morgan fingerprint density at radius 1 is 1.26 bits per heavy atom. The first-order valence-corrected chi connectivity index (χ1v) is 7.90. The van der Waals surface area contributed by atoms with Gasteiger partial charge in [-0.2, -0.15) is 4.31 Å². The number of sulfonamides is 1. The highest BCUT2D eigenvalue weighted by Gasteiger charge is 2.46. The standard InChI is InChI=1S/C11H18N2O5S/c1-11(10(15)16)4-2-6-13(11)9(14)8-12-5-3-7-19(12,17)18/h2-8H2,1H3,(H,15,16). The summed E-state index contributed by atoms with van der Waals surface area (Å²) in [6, 6.07) is 0. The largest absolute Gasteiger partial charge is 0.480 e. The predicted molar refractivity (Wildman–Crippen MR) is 67.0 cm³/mol. The maximum absolute atomic E-state index is 12.2. The van der Waals surface area contributed by atoms with E-state index in [1.54, 1.807) is 0 Å². The number of hydrogen-bond donors (Lipinski definition) is 1. The summed E-state index contributed by atoms with van der Waals surface area (Å²) in [6.07, 6.45) is 1.55. The third-order valence-corrected chi connectivity index (χ3v) is 5.82. The van der Waals surface area contributed by atoms with Gasteiger partial charge in [-0.1, -0.05) is 0 Å². The number of rotatable bonds is 3. The molecule has 108 valence electrons. The zero-order valence-corrected chi connectivity index (χ0v) is 11.6. The number of likely N-dealkylation sites (tertiary alicyclic amines) is 1. The molecule has 1 unspecified atom stereocenters. The summed E-state index contributed by atoms with van der Waals surface area (Å²) in [7, 11) is -3.33. The van der Waals surface area contributed by atoms with Gasteiger partial charge in [0.15, 0.2) is 0 Å². The Morgan fingerprint density at radius 2 is 1.95 bits per heavy atom. The molecule has 0 aromatic carbocycles. The molecule has 19 heavy (non-hydrogen) atoms. The molecule has 1 N–H and O–H groups in total. The van der Waals surface area contributed by atoms with E-state index in [1.165, 1.54) is 11.8 Å². The molecule has 2 heterocycles. The topological polar surface area (TPSA) is 95.0 Å². The summed E-state index contributed by atoms with van der Waals surface area (Å²) in [5.74, 6) is -1.40. The SMILES string of the molecule is CC1(C(=O)O)CCCN1C(=O)CN1CCCS1(=O)=O. The third-order valence-electron chi connectivity index (χ3n) is 3.92. The van der Waals surface area contributed by atoms with E-state index < -0.39 is 27.4 Å². The normalized spacial score (nSPS) is 30.7. The van der Waals surface area contributed by atoms with Crippen molar-refractivity contribution in [2.45, 2.75) is 31.7 Å². The van der Waals surface area contributed by atoms with Crippen molar-refractivity contribution in [3.8, 4) is 0 Å². The Bertz CT molecular complexity index is 503. The second-order valence-corrected chi connectivity index (χ2v) is 7.32. The van der Waals surface area contributed by atoms with Gasteiger partial charge in [0.05, 0.1) is 12.3 Å². The highest BCUT2D eigenvalue weighted by Crippen LogP contribution is 2.29. The van der Waals surface area contributed by atoms with Gasteiger partial charge in [0.1, 0.15) is 5.54 Å². The number of carbonyl (C=O) groups excluding carboxylic acids is 1. The molecule has 2 fully saturated rings. The van der Waals surface area contributed by atoms with Gasteiger partial charge >= 0.3 is 5.97 Å². The Hall–Kier alpha value is -1.15. The smallest absolute Gasteiger partial charge is 0.329 e. The quantitative estimate of drug-likeness (QED) is 0.755. The van der Waals surface area contributed by atoms with Crippen molar-refractivity contribution in [2.75, 3.05) is 25.4 Å². The number of amides is 1. The lowest BCUT2D eigenvalue weighted by Gasteiger charge is -2.32. The van der Waals surface area contributed by atoms with Gasteiger partial charge in [0.2, 0.25) is 15.9 Å². The highest BCUT2D eigenvalue weighted by atomic mass is 32.2. The highest BCUT2D eigenvalue weighted by molar-refractivity contribution is 7.89. The molecule has 0 saturated carbocycles. The van der Waals surface area contributed by atoms with Crippen molar-refractivity contribution in [3.05, 3.63) is 0 Å². The molecule has 0 aliphatic carbocycles. The Balaban J connectivity index is 2.10. The molecular formula is C11H18N2O5S. The third kappa shape index (κ3) is 2.46. The monoisotopic (exact) mass is 290 g/mol. The molecule has 1 amide bonds. The van der Waals surface area contributed by atoms with E-state index in [1.807, 2.05) is 0 Å². The molecule has 2 rings (SSSR count). The number of hydrogen-bond acceptors (Lipinski definition) is 4. The van der Waals surface area contributed by atoms with Gasteiger partial charge < -0.3 is 10.0 Å². The molecule has 0 bridgehead atoms. The van der Waals surface area contributed by atoms with Crippen molar-refractivity contribution in [2.24, 2.45) is 0 Å². The Kier molecular flexibility index (Phi) is 3.57. The fourth-order valence-corrected chi connectivity index (χ4v) is 4.16. The number of aliphatic carboxylic acids is 1. The van der Waals surface area contributed by atoms with Crippen LogP contribution in [0.5, 0.6) is 0 Å². The van der Waals surface area contributed by atoms with Crippen LogP contribution in [0.1, 0.15) is 26.2 Å². The van der Waals surface area contributed by atoms with Crippen LogP contribution in [-0.4, -0.2) is 65.5 Å². The zero-order chi connectivity index (χ0) is 14.3. The van der Waals surface area contributed by atoms with Crippen LogP contribution in [0.3, 0.4) is 0 Å². The predicted octanol–water partition coefficient (Wildman–Crippen LogP) is -0.512. The van der Waals surface area contributed by atoms with E-state index in [2.05, 4.69) is 0 Å². The Morgan fingerprint density at radius 3 is 2.47 bits per heavy atom. The molecule has 8 heteroatoms. The van der Waals surface area contributed by atoms with Crippen molar-refractivity contribution < 1.29 is 23.1 Å². The van der Waals surface area contributed by atoms with Crippen LogP contribution >= 0.6 is 0 Å². The van der Waals surface area contributed by atoms with Crippen LogP contribution in [-0.2, 0) is 19.6 Å². The molecule has 2 saturated heterocycles. The maximum atomic E-state index is 12.2.